The van der Waals surface area contributed by atoms with Crippen molar-refractivity contribution in [2.45, 2.75) is 4.90 Å². The second-order valence-electron chi connectivity index (χ2n) is 4.31. The third-order valence-corrected chi connectivity index (χ3v) is 4.55. The first-order valence-electron chi connectivity index (χ1n) is 6.13. The number of hydrogen-bond donors (Lipinski definition) is 1. The Balaban J connectivity index is 2.07. The Kier molecular flexibility index (Phi) is 5.10. The van der Waals surface area contributed by atoms with Crippen LogP contribution in [-0.4, -0.2) is 14.3 Å². The highest BCUT2D eigenvalue weighted by Crippen LogP contribution is 2.14. The van der Waals surface area contributed by atoms with Crippen LogP contribution in [0.25, 0.3) is 6.08 Å². The molecule has 1 amide bonds. The number of sulfonamides is 1. The fraction of sp³-hybridized carbons (Fsp3) is 0. The van der Waals surface area contributed by atoms with Gasteiger partial charge in [0, 0.05) is 10.5 Å². The molecule has 0 aliphatic heterocycles. The average molecular weight is 384 g/mol. The summed E-state index contributed by atoms with van der Waals surface area (Å²) in [7, 11) is -3.92. The highest BCUT2D eigenvalue weighted by Gasteiger charge is 2.15. The Labute approximate surface area is 135 Å². The summed E-state index contributed by atoms with van der Waals surface area (Å²) in [4.78, 5) is 11.7. The van der Waals surface area contributed by atoms with E-state index in [1.54, 1.807) is 12.1 Å². The highest BCUT2D eigenvalue weighted by atomic mass is 79.9. The number of amides is 1. The Morgan fingerprint density at radius 1 is 1.05 bits per heavy atom. The molecule has 0 spiro atoms. The van der Waals surface area contributed by atoms with Crippen molar-refractivity contribution in [3.8, 4) is 0 Å². The second-order valence-corrected chi connectivity index (χ2v) is 6.91. The number of hydrogen-bond acceptors (Lipinski definition) is 3. The lowest BCUT2D eigenvalue weighted by molar-refractivity contribution is -0.114. The van der Waals surface area contributed by atoms with Crippen LogP contribution in [0.1, 0.15) is 5.56 Å². The highest BCUT2D eigenvalue weighted by molar-refractivity contribution is 9.10. The maximum Gasteiger partial charge on any atom is 0.264 e. The van der Waals surface area contributed by atoms with Gasteiger partial charge in [0.15, 0.2) is 0 Å². The number of halogens is 2. The molecule has 0 saturated carbocycles. The zero-order valence-electron chi connectivity index (χ0n) is 11.2. The van der Waals surface area contributed by atoms with E-state index in [0.717, 1.165) is 10.5 Å². The van der Waals surface area contributed by atoms with Crippen LogP contribution in [0.4, 0.5) is 4.39 Å². The summed E-state index contributed by atoms with van der Waals surface area (Å²) >= 11 is 3.20. The molecule has 0 aliphatic carbocycles. The minimum atomic E-state index is -3.92. The minimum absolute atomic E-state index is 0.0146. The predicted octanol–water partition coefficient (Wildman–Crippen LogP) is 3.11. The maximum atomic E-state index is 12.7. The molecule has 4 nitrogen and oxygen atoms in total. The molecular weight excluding hydrogens is 373 g/mol. The van der Waals surface area contributed by atoms with Crippen molar-refractivity contribution >= 4 is 37.9 Å². The van der Waals surface area contributed by atoms with Crippen LogP contribution < -0.4 is 4.72 Å². The quantitative estimate of drug-likeness (QED) is 0.825. The first-order valence-corrected chi connectivity index (χ1v) is 8.40. The zero-order chi connectivity index (χ0) is 16.2. The summed E-state index contributed by atoms with van der Waals surface area (Å²) in [5.74, 6) is -1.17. The van der Waals surface area contributed by atoms with Crippen LogP contribution in [0.5, 0.6) is 0 Å². The lowest BCUT2D eigenvalue weighted by Crippen LogP contribution is -2.28. The zero-order valence-corrected chi connectivity index (χ0v) is 13.6. The molecule has 114 valence electrons. The summed E-state index contributed by atoms with van der Waals surface area (Å²) in [5, 5.41) is 0. The van der Waals surface area contributed by atoms with Gasteiger partial charge in [0.05, 0.1) is 4.90 Å². The number of rotatable bonds is 4. The van der Waals surface area contributed by atoms with Crippen molar-refractivity contribution < 1.29 is 17.6 Å². The summed E-state index contributed by atoms with van der Waals surface area (Å²) in [5.41, 5.74) is 0.581. The average Bonchev–Trinajstić information content (AvgIpc) is 2.46. The molecule has 0 fully saturated rings. The van der Waals surface area contributed by atoms with Crippen molar-refractivity contribution in [3.63, 3.8) is 0 Å². The molecule has 0 radical (unpaired) electrons. The molecule has 0 unspecified atom stereocenters. The van der Waals surface area contributed by atoms with Crippen molar-refractivity contribution in [1.82, 2.24) is 4.72 Å². The van der Waals surface area contributed by atoms with E-state index in [9.17, 15) is 17.6 Å². The van der Waals surface area contributed by atoms with E-state index in [4.69, 9.17) is 0 Å². The minimum Gasteiger partial charge on any atom is -0.269 e. The van der Waals surface area contributed by atoms with Gasteiger partial charge in [-0.2, -0.15) is 0 Å². The molecule has 0 bridgehead atoms. The van der Waals surface area contributed by atoms with Gasteiger partial charge in [-0.1, -0.05) is 28.1 Å². The summed E-state index contributed by atoms with van der Waals surface area (Å²) < 4.78 is 39.4. The van der Waals surface area contributed by atoms with Gasteiger partial charge in [-0.25, -0.2) is 17.5 Å². The van der Waals surface area contributed by atoms with Crippen molar-refractivity contribution in [2.75, 3.05) is 0 Å². The largest absolute Gasteiger partial charge is 0.269 e. The smallest absolute Gasteiger partial charge is 0.264 e. The SMILES string of the molecule is O=C(C=Cc1ccc(F)cc1)NS(=O)(=O)c1ccc(Br)cc1. The lowest BCUT2D eigenvalue weighted by Gasteiger charge is -2.04. The van der Waals surface area contributed by atoms with Crippen molar-refractivity contribution in [2.24, 2.45) is 0 Å². The maximum absolute atomic E-state index is 12.7. The Hall–Kier alpha value is -1.99. The van der Waals surface area contributed by atoms with E-state index in [1.807, 2.05) is 4.72 Å². The van der Waals surface area contributed by atoms with E-state index in [-0.39, 0.29) is 10.7 Å². The van der Waals surface area contributed by atoms with Gasteiger partial charge in [-0.3, -0.25) is 4.79 Å². The first kappa shape index (κ1) is 16.4. The van der Waals surface area contributed by atoms with Gasteiger partial charge < -0.3 is 0 Å². The first-order chi connectivity index (χ1) is 10.4. The molecule has 2 rings (SSSR count). The van der Waals surface area contributed by atoms with Crippen LogP contribution in [0, 0.1) is 5.82 Å². The summed E-state index contributed by atoms with van der Waals surface area (Å²) in [6.07, 6.45) is 2.47. The van der Waals surface area contributed by atoms with E-state index < -0.39 is 15.9 Å². The standard InChI is InChI=1S/C15H11BrFNO3S/c16-12-4-8-14(9-5-12)22(20,21)18-15(19)10-3-11-1-6-13(17)7-2-11/h1-10H,(H,18,19). The molecule has 0 aliphatic rings. The van der Waals surface area contributed by atoms with Gasteiger partial charge in [0.25, 0.3) is 15.9 Å². The van der Waals surface area contributed by atoms with E-state index >= 15 is 0 Å². The number of nitrogens with one attached hydrogen (secondary N) is 1. The Bertz CT molecular complexity index is 800. The van der Waals surface area contributed by atoms with Crippen LogP contribution in [0.2, 0.25) is 0 Å². The molecule has 1 N–H and O–H groups in total. The topological polar surface area (TPSA) is 63.2 Å². The number of carbonyl (C=O) groups excluding carboxylic acids is 1. The number of carbonyl (C=O) groups is 1. The summed E-state index contributed by atoms with van der Waals surface area (Å²) in [6.45, 7) is 0. The molecular formula is C15H11BrFNO3S. The normalized spacial score (nSPS) is 11.5. The molecule has 2 aromatic carbocycles. The molecule has 22 heavy (non-hydrogen) atoms. The van der Waals surface area contributed by atoms with Crippen LogP contribution in [0.3, 0.4) is 0 Å². The lowest BCUT2D eigenvalue weighted by atomic mass is 10.2. The summed E-state index contributed by atoms with van der Waals surface area (Å²) in [6, 6.07) is 11.3. The predicted molar refractivity (Wildman–Crippen MR) is 84.9 cm³/mol. The third kappa shape index (κ3) is 4.51. The van der Waals surface area contributed by atoms with Gasteiger partial charge in [0.1, 0.15) is 5.82 Å². The fourth-order valence-electron chi connectivity index (χ4n) is 1.58. The van der Waals surface area contributed by atoms with Crippen LogP contribution in [-0.2, 0) is 14.8 Å². The van der Waals surface area contributed by atoms with Gasteiger partial charge >= 0.3 is 0 Å². The van der Waals surface area contributed by atoms with E-state index in [2.05, 4.69) is 15.9 Å². The van der Waals surface area contributed by atoms with Crippen molar-refractivity contribution in [1.29, 1.82) is 0 Å². The Morgan fingerprint density at radius 2 is 1.64 bits per heavy atom. The Morgan fingerprint density at radius 3 is 2.23 bits per heavy atom. The third-order valence-electron chi connectivity index (χ3n) is 2.66. The van der Waals surface area contributed by atoms with Gasteiger partial charge in [-0.15, -0.1) is 0 Å². The van der Waals surface area contributed by atoms with Gasteiger partial charge in [0.2, 0.25) is 0 Å². The molecule has 7 heteroatoms. The van der Waals surface area contributed by atoms with Crippen LogP contribution in [0.15, 0.2) is 64.0 Å². The number of benzene rings is 2. The molecule has 0 heterocycles. The monoisotopic (exact) mass is 383 g/mol. The molecule has 2 aromatic rings. The van der Waals surface area contributed by atoms with E-state index in [0.29, 0.717) is 5.56 Å². The van der Waals surface area contributed by atoms with Crippen molar-refractivity contribution in [3.05, 3.63) is 70.5 Å². The van der Waals surface area contributed by atoms with E-state index in [1.165, 1.54) is 42.5 Å². The van der Waals surface area contributed by atoms with Gasteiger partial charge in [-0.05, 0) is 48.0 Å². The fourth-order valence-corrected chi connectivity index (χ4v) is 2.79. The second kappa shape index (κ2) is 6.85. The molecule has 0 aromatic heterocycles. The van der Waals surface area contributed by atoms with Crippen LogP contribution >= 0.6 is 15.9 Å². The molecule has 0 saturated heterocycles. The molecule has 0 atom stereocenters.